The lowest BCUT2D eigenvalue weighted by Crippen LogP contribution is -2.38. The number of amides is 1. The molecular weight excluding hydrogens is 268 g/mol. The Morgan fingerprint density at radius 2 is 2.24 bits per heavy atom. The molecule has 1 aromatic carbocycles. The van der Waals surface area contributed by atoms with Gasteiger partial charge in [0.05, 0.1) is 6.54 Å². The Labute approximate surface area is 123 Å². The van der Waals surface area contributed by atoms with Crippen molar-refractivity contribution in [3.63, 3.8) is 0 Å². The Bertz CT molecular complexity index is 581. The molecule has 21 heavy (non-hydrogen) atoms. The van der Waals surface area contributed by atoms with Gasteiger partial charge in [0.25, 0.3) is 0 Å². The number of carbonyl (C=O) groups excluding carboxylic acids is 1. The molecule has 1 aromatic heterocycles. The molecule has 1 heterocycles. The Kier molecular flexibility index (Phi) is 4.99. The molecule has 0 aliphatic heterocycles. The molecule has 7 heteroatoms. The maximum absolute atomic E-state index is 11.7. The van der Waals surface area contributed by atoms with Gasteiger partial charge in [-0.2, -0.15) is 5.21 Å². The molecule has 0 saturated heterocycles. The molecule has 2 rings (SSSR count). The average Bonchev–Trinajstić information content (AvgIpc) is 2.91. The predicted octanol–water partition coefficient (Wildman–Crippen LogP) is 0.823. The van der Waals surface area contributed by atoms with Crippen LogP contribution in [0.1, 0.15) is 19.4 Å². The molecule has 0 fully saturated rings. The molecule has 0 saturated carbocycles. The van der Waals surface area contributed by atoms with Crippen molar-refractivity contribution < 1.29 is 4.79 Å². The first-order valence-corrected chi connectivity index (χ1v) is 6.85. The Morgan fingerprint density at radius 3 is 2.90 bits per heavy atom. The largest absolute Gasteiger partial charge is 0.353 e. The van der Waals surface area contributed by atoms with Crippen LogP contribution >= 0.6 is 0 Å². The van der Waals surface area contributed by atoms with E-state index in [2.05, 4.69) is 25.9 Å². The third-order valence-corrected chi connectivity index (χ3v) is 2.85. The third-order valence-electron chi connectivity index (χ3n) is 2.85. The van der Waals surface area contributed by atoms with Crippen molar-refractivity contribution in [1.29, 1.82) is 0 Å². The van der Waals surface area contributed by atoms with Crippen LogP contribution in [0.5, 0.6) is 0 Å². The minimum atomic E-state index is 0.0295. The van der Waals surface area contributed by atoms with Gasteiger partial charge in [-0.15, -0.1) is 10.2 Å². The summed E-state index contributed by atoms with van der Waals surface area (Å²) in [6.07, 6.45) is 0. The molecule has 0 unspecified atom stereocenters. The first-order chi connectivity index (χ1) is 10.0. The number of tetrazole rings is 1. The van der Waals surface area contributed by atoms with Crippen molar-refractivity contribution in [1.82, 2.24) is 30.8 Å². The van der Waals surface area contributed by atoms with Crippen LogP contribution in [-0.4, -0.2) is 51.1 Å². The SMILES string of the molecule is CC(C)NC(=O)CN(C)Cc1cccc(-c2nn[nH]n2)c1. The highest BCUT2D eigenvalue weighted by atomic mass is 16.2. The van der Waals surface area contributed by atoms with Crippen LogP contribution in [-0.2, 0) is 11.3 Å². The summed E-state index contributed by atoms with van der Waals surface area (Å²) >= 11 is 0. The van der Waals surface area contributed by atoms with E-state index in [0.717, 1.165) is 11.1 Å². The molecule has 1 amide bonds. The second-order valence-electron chi connectivity index (χ2n) is 5.33. The maximum Gasteiger partial charge on any atom is 0.234 e. The molecular formula is C14H20N6O. The van der Waals surface area contributed by atoms with E-state index in [9.17, 15) is 4.79 Å². The van der Waals surface area contributed by atoms with Crippen LogP contribution in [0.15, 0.2) is 24.3 Å². The van der Waals surface area contributed by atoms with E-state index >= 15 is 0 Å². The molecule has 112 valence electrons. The van der Waals surface area contributed by atoms with E-state index < -0.39 is 0 Å². The van der Waals surface area contributed by atoms with Gasteiger partial charge in [-0.3, -0.25) is 9.69 Å². The fraction of sp³-hybridized carbons (Fsp3) is 0.429. The fourth-order valence-corrected chi connectivity index (χ4v) is 2.07. The molecule has 0 aliphatic rings. The lowest BCUT2D eigenvalue weighted by Gasteiger charge is -2.17. The number of rotatable bonds is 6. The van der Waals surface area contributed by atoms with E-state index in [-0.39, 0.29) is 11.9 Å². The lowest BCUT2D eigenvalue weighted by molar-refractivity contribution is -0.122. The highest BCUT2D eigenvalue weighted by molar-refractivity contribution is 5.78. The van der Waals surface area contributed by atoms with E-state index in [0.29, 0.717) is 18.9 Å². The number of benzene rings is 1. The quantitative estimate of drug-likeness (QED) is 0.822. The molecule has 2 aromatic rings. The van der Waals surface area contributed by atoms with Crippen LogP contribution < -0.4 is 5.32 Å². The summed E-state index contributed by atoms with van der Waals surface area (Å²) in [6.45, 7) is 4.94. The number of aromatic amines is 1. The Balaban J connectivity index is 1.96. The first kappa shape index (κ1) is 15.1. The van der Waals surface area contributed by atoms with Crippen molar-refractivity contribution in [2.24, 2.45) is 0 Å². The van der Waals surface area contributed by atoms with Crippen molar-refractivity contribution in [3.05, 3.63) is 29.8 Å². The normalized spacial score (nSPS) is 11.1. The monoisotopic (exact) mass is 288 g/mol. The van der Waals surface area contributed by atoms with Crippen molar-refractivity contribution in [3.8, 4) is 11.4 Å². The summed E-state index contributed by atoms with van der Waals surface area (Å²) in [6, 6.07) is 8.05. The number of nitrogens with zero attached hydrogens (tertiary/aromatic N) is 4. The Morgan fingerprint density at radius 1 is 1.43 bits per heavy atom. The number of carbonyl (C=O) groups is 1. The smallest absolute Gasteiger partial charge is 0.234 e. The highest BCUT2D eigenvalue weighted by Gasteiger charge is 2.09. The number of nitrogens with one attached hydrogen (secondary N) is 2. The first-order valence-electron chi connectivity index (χ1n) is 6.85. The lowest BCUT2D eigenvalue weighted by atomic mass is 10.1. The number of aromatic nitrogens is 4. The van der Waals surface area contributed by atoms with Gasteiger partial charge in [0, 0.05) is 18.2 Å². The van der Waals surface area contributed by atoms with Crippen molar-refractivity contribution in [2.45, 2.75) is 26.4 Å². The molecule has 2 N–H and O–H groups in total. The molecule has 0 atom stereocenters. The molecule has 7 nitrogen and oxygen atoms in total. The van der Waals surface area contributed by atoms with E-state index in [1.54, 1.807) is 0 Å². The number of hydrogen-bond acceptors (Lipinski definition) is 5. The molecule has 0 radical (unpaired) electrons. The second kappa shape index (κ2) is 6.94. The summed E-state index contributed by atoms with van der Waals surface area (Å²) in [5.74, 6) is 0.596. The van der Waals surface area contributed by atoms with Crippen molar-refractivity contribution >= 4 is 5.91 Å². The summed E-state index contributed by atoms with van der Waals surface area (Å²) in [5, 5.41) is 16.8. The van der Waals surface area contributed by atoms with E-state index in [1.165, 1.54) is 0 Å². The third kappa shape index (κ3) is 4.64. The summed E-state index contributed by atoms with van der Waals surface area (Å²) in [7, 11) is 1.92. The standard InChI is InChI=1S/C14H20N6O/c1-10(2)15-13(21)9-20(3)8-11-5-4-6-12(7-11)14-16-18-19-17-14/h4-7,10H,8-9H2,1-3H3,(H,15,21)(H,16,17,18,19). The Hall–Kier alpha value is -2.28. The molecule has 0 aliphatic carbocycles. The summed E-state index contributed by atoms with van der Waals surface area (Å²) in [4.78, 5) is 13.7. The topological polar surface area (TPSA) is 86.8 Å². The van der Waals surface area contributed by atoms with Gasteiger partial charge < -0.3 is 5.32 Å². The van der Waals surface area contributed by atoms with Gasteiger partial charge in [0.15, 0.2) is 0 Å². The predicted molar refractivity (Wildman–Crippen MR) is 79.2 cm³/mol. The van der Waals surface area contributed by atoms with E-state index in [4.69, 9.17) is 0 Å². The van der Waals surface area contributed by atoms with Crippen molar-refractivity contribution in [2.75, 3.05) is 13.6 Å². The fourth-order valence-electron chi connectivity index (χ4n) is 2.07. The average molecular weight is 288 g/mol. The minimum absolute atomic E-state index is 0.0295. The van der Waals surface area contributed by atoms with Crippen LogP contribution in [0.4, 0.5) is 0 Å². The van der Waals surface area contributed by atoms with Crippen LogP contribution in [0.3, 0.4) is 0 Å². The van der Waals surface area contributed by atoms with Crippen LogP contribution in [0.25, 0.3) is 11.4 Å². The van der Waals surface area contributed by atoms with Gasteiger partial charge >= 0.3 is 0 Å². The zero-order valence-electron chi connectivity index (χ0n) is 12.5. The molecule has 0 spiro atoms. The van der Waals surface area contributed by atoms with Gasteiger partial charge in [0.1, 0.15) is 0 Å². The zero-order chi connectivity index (χ0) is 15.2. The second-order valence-corrected chi connectivity index (χ2v) is 5.33. The minimum Gasteiger partial charge on any atom is -0.353 e. The van der Waals surface area contributed by atoms with Crippen LogP contribution in [0, 0.1) is 0 Å². The zero-order valence-corrected chi connectivity index (χ0v) is 12.5. The number of hydrogen-bond donors (Lipinski definition) is 2. The maximum atomic E-state index is 11.7. The van der Waals surface area contributed by atoms with Gasteiger partial charge in [-0.05, 0) is 37.7 Å². The number of H-pyrrole nitrogens is 1. The number of likely N-dealkylation sites (N-methyl/N-ethyl adjacent to an activating group) is 1. The van der Waals surface area contributed by atoms with Gasteiger partial charge in [-0.1, -0.05) is 18.2 Å². The van der Waals surface area contributed by atoms with Crippen LogP contribution in [0.2, 0.25) is 0 Å². The van der Waals surface area contributed by atoms with E-state index in [1.807, 2.05) is 50.1 Å². The molecule has 0 bridgehead atoms. The van der Waals surface area contributed by atoms with Gasteiger partial charge in [0.2, 0.25) is 11.7 Å². The van der Waals surface area contributed by atoms with Gasteiger partial charge in [-0.25, -0.2) is 0 Å². The summed E-state index contributed by atoms with van der Waals surface area (Å²) < 4.78 is 0. The summed E-state index contributed by atoms with van der Waals surface area (Å²) in [5.41, 5.74) is 2.00. The highest BCUT2D eigenvalue weighted by Crippen LogP contribution is 2.15.